The predicted molar refractivity (Wildman–Crippen MR) is 62.0 cm³/mol. The number of nitrogens with one attached hydrogen (secondary N) is 2. The molecule has 0 unspecified atom stereocenters. The minimum atomic E-state index is -0.00650. The molecule has 0 aromatic carbocycles. The molecule has 0 aliphatic heterocycles. The molecule has 0 fully saturated rings. The van der Waals surface area contributed by atoms with Crippen LogP contribution in [-0.2, 0) is 23.1 Å². The first-order valence-electron chi connectivity index (χ1n) is 5.29. The van der Waals surface area contributed by atoms with Crippen molar-refractivity contribution < 1.29 is 9.53 Å². The number of amides is 1. The number of carbonyl (C=O) groups is 1. The van der Waals surface area contributed by atoms with Crippen molar-refractivity contribution in [1.82, 2.24) is 15.2 Å². The van der Waals surface area contributed by atoms with Gasteiger partial charge in [-0.3, -0.25) is 4.79 Å². The fraction of sp³-hybridized carbons (Fsp3) is 0.545. The van der Waals surface area contributed by atoms with E-state index in [2.05, 4.69) is 10.6 Å². The van der Waals surface area contributed by atoms with Gasteiger partial charge in [0.25, 0.3) is 0 Å². The minimum absolute atomic E-state index is 0.00650. The third kappa shape index (κ3) is 4.95. The molecule has 0 bridgehead atoms. The lowest BCUT2D eigenvalue weighted by molar-refractivity contribution is -0.120. The molecule has 5 heteroatoms. The molecule has 0 saturated carbocycles. The third-order valence-electron chi connectivity index (χ3n) is 2.14. The van der Waals surface area contributed by atoms with Crippen molar-refractivity contribution in [3.63, 3.8) is 0 Å². The summed E-state index contributed by atoms with van der Waals surface area (Å²) in [4.78, 5) is 11.3. The van der Waals surface area contributed by atoms with Crippen molar-refractivity contribution in [2.45, 2.75) is 6.54 Å². The summed E-state index contributed by atoms with van der Waals surface area (Å²) in [6.07, 6.45) is 4.01. The zero-order valence-electron chi connectivity index (χ0n) is 9.82. The summed E-state index contributed by atoms with van der Waals surface area (Å²) in [6.45, 7) is 2.14. The highest BCUT2D eigenvalue weighted by Crippen LogP contribution is 1.97. The zero-order valence-corrected chi connectivity index (χ0v) is 9.82. The van der Waals surface area contributed by atoms with Crippen molar-refractivity contribution in [3.05, 3.63) is 24.0 Å². The predicted octanol–water partition coefficient (Wildman–Crippen LogP) is -0.123. The average molecular weight is 225 g/mol. The van der Waals surface area contributed by atoms with Crippen molar-refractivity contribution in [3.8, 4) is 0 Å². The molecule has 0 radical (unpaired) electrons. The lowest BCUT2D eigenvalue weighted by Gasteiger charge is -2.05. The van der Waals surface area contributed by atoms with Gasteiger partial charge < -0.3 is 19.9 Å². The molecule has 1 heterocycles. The normalized spacial score (nSPS) is 10.4. The maximum absolute atomic E-state index is 11.3. The fourth-order valence-corrected chi connectivity index (χ4v) is 1.34. The first-order chi connectivity index (χ1) is 7.72. The van der Waals surface area contributed by atoms with Gasteiger partial charge in [0.1, 0.15) is 0 Å². The maximum Gasteiger partial charge on any atom is 0.234 e. The Morgan fingerprint density at radius 3 is 3.00 bits per heavy atom. The van der Waals surface area contributed by atoms with Crippen LogP contribution in [0.25, 0.3) is 0 Å². The van der Waals surface area contributed by atoms with Crippen molar-refractivity contribution in [1.29, 1.82) is 0 Å². The van der Waals surface area contributed by atoms with Gasteiger partial charge in [0.2, 0.25) is 5.91 Å². The molecule has 1 aromatic heterocycles. The number of ether oxygens (including phenoxy) is 1. The molecule has 0 spiro atoms. The number of carbonyl (C=O) groups excluding carboxylic acids is 1. The van der Waals surface area contributed by atoms with E-state index in [4.69, 9.17) is 4.74 Å². The summed E-state index contributed by atoms with van der Waals surface area (Å²) in [6, 6.07) is 2.02. The van der Waals surface area contributed by atoms with Crippen molar-refractivity contribution in [2.75, 3.05) is 26.8 Å². The molecular formula is C11H19N3O2. The standard InChI is InChI=1S/C11H19N3O2/c1-14-5-3-10(9-14)7-12-8-11(15)13-4-6-16-2/h3,5,9,12H,4,6-8H2,1-2H3,(H,13,15). The summed E-state index contributed by atoms with van der Waals surface area (Å²) in [7, 11) is 3.58. The monoisotopic (exact) mass is 225 g/mol. The van der Waals surface area contributed by atoms with Gasteiger partial charge in [-0.05, 0) is 11.6 Å². The molecule has 2 N–H and O–H groups in total. The van der Waals surface area contributed by atoms with E-state index in [-0.39, 0.29) is 5.91 Å². The van der Waals surface area contributed by atoms with Gasteiger partial charge in [0.15, 0.2) is 0 Å². The number of hydrogen-bond donors (Lipinski definition) is 2. The number of nitrogens with zero attached hydrogens (tertiary/aromatic N) is 1. The van der Waals surface area contributed by atoms with Gasteiger partial charge in [0.05, 0.1) is 13.2 Å². The van der Waals surface area contributed by atoms with Crippen LogP contribution in [0.3, 0.4) is 0 Å². The largest absolute Gasteiger partial charge is 0.383 e. The molecule has 0 saturated heterocycles. The highest BCUT2D eigenvalue weighted by Gasteiger charge is 2.00. The first-order valence-corrected chi connectivity index (χ1v) is 5.29. The highest BCUT2D eigenvalue weighted by atomic mass is 16.5. The van der Waals surface area contributed by atoms with Gasteiger partial charge in [-0.15, -0.1) is 0 Å². The molecule has 5 nitrogen and oxygen atoms in total. The molecule has 1 amide bonds. The van der Waals surface area contributed by atoms with Crippen LogP contribution in [0.4, 0.5) is 0 Å². The van der Waals surface area contributed by atoms with Gasteiger partial charge in [-0.1, -0.05) is 0 Å². The van der Waals surface area contributed by atoms with Crippen molar-refractivity contribution in [2.24, 2.45) is 7.05 Å². The number of methoxy groups -OCH3 is 1. The Hall–Kier alpha value is -1.33. The molecule has 0 atom stereocenters. The van der Waals surface area contributed by atoms with E-state index in [0.29, 0.717) is 26.2 Å². The summed E-state index contributed by atoms with van der Waals surface area (Å²) in [5.74, 6) is -0.00650. The van der Waals surface area contributed by atoms with Gasteiger partial charge in [0, 0.05) is 39.6 Å². The van der Waals surface area contributed by atoms with Gasteiger partial charge >= 0.3 is 0 Å². The van der Waals surface area contributed by atoms with Crippen LogP contribution in [0, 0.1) is 0 Å². The molecule has 0 aliphatic carbocycles. The van der Waals surface area contributed by atoms with Crippen LogP contribution < -0.4 is 10.6 Å². The van der Waals surface area contributed by atoms with E-state index >= 15 is 0 Å². The van der Waals surface area contributed by atoms with Gasteiger partial charge in [-0.2, -0.15) is 0 Å². The Bertz CT molecular complexity index is 323. The number of aromatic nitrogens is 1. The van der Waals surface area contributed by atoms with Crippen LogP contribution in [0.1, 0.15) is 5.56 Å². The van der Waals surface area contributed by atoms with Crippen LogP contribution >= 0.6 is 0 Å². The molecule has 0 aliphatic rings. The Kier molecular flexibility index (Phi) is 5.60. The number of aryl methyl sites for hydroxylation is 1. The lowest BCUT2D eigenvalue weighted by atomic mass is 10.3. The molecular weight excluding hydrogens is 206 g/mol. The number of hydrogen-bond acceptors (Lipinski definition) is 3. The second kappa shape index (κ2) is 7.03. The second-order valence-electron chi connectivity index (χ2n) is 3.63. The minimum Gasteiger partial charge on any atom is -0.383 e. The average Bonchev–Trinajstić information content (AvgIpc) is 2.65. The molecule has 1 aromatic rings. The second-order valence-corrected chi connectivity index (χ2v) is 3.63. The quantitative estimate of drug-likeness (QED) is 0.636. The Morgan fingerprint density at radius 1 is 1.56 bits per heavy atom. The van der Waals surface area contributed by atoms with E-state index in [1.807, 2.05) is 30.1 Å². The highest BCUT2D eigenvalue weighted by molar-refractivity contribution is 5.77. The first kappa shape index (κ1) is 12.7. The van der Waals surface area contributed by atoms with Gasteiger partial charge in [-0.25, -0.2) is 0 Å². The van der Waals surface area contributed by atoms with Crippen LogP contribution in [0.15, 0.2) is 18.5 Å². The van der Waals surface area contributed by atoms with E-state index in [9.17, 15) is 4.79 Å². The summed E-state index contributed by atoms with van der Waals surface area (Å²) in [5.41, 5.74) is 1.17. The molecule has 1 rings (SSSR count). The van der Waals surface area contributed by atoms with Crippen molar-refractivity contribution >= 4 is 5.91 Å². The summed E-state index contributed by atoms with van der Waals surface area (Å²) in [5, 5.41) is 5.82. The molecule has 90 valence electrons. The van der Waals surface area contributed by atoms with E-state index in [1.165, 1.54) is 5.56 Å². The van der Waals surface area contributed by atoms with Crippen LogP contribution in [0.5, 0.6) is 0 Å². The summed E-state index contributed by atoms with van der Waals surface area (Å²) >= 11 is 0. The van der Waals surface area contributed by atoms with E-state index < -0.39 is 0 Å². The zero-order chi connectivity index (χ0) is 11.8. The topological polar surface area (TPSA) is 55.3 Å². The Morgan fingerprint density at radius 2 is 2.38 bits per heavy atom. The van der Waals surface area contributed by atoms with Crippen LogP contribution in [0.2, 0.25) is 0 Å². The smallest absolute Gasteiger partial charge is 0.234 e. The van der Waals surface area contributed by atoms with E-state index in [0.717, 1.165) is 0 Å². The fourth-order valence-electron chi connectivity index (χ4n) is 1.34. The number of rotatable bonds is 7. The van der Waals surface area contributed by atoms with Crippen LogP contribution in [-0.4, -0.2) is 37.3 Å². The lowest BCUT2D eigenvalue weighted by Crippen LogP contribution is -2.35. The summed E-state index contributed by atoms with van der Waals surface area (Å²) < 4.78 is 6.81. The molecule has 16 heavy (non-hydrogen) atoms. The van der Waals surface area contributed by atoms with E-state index in [1.54, 1.807) is 7.11 Å². The maximum atomic E-state index is 11.3. The third-order valence-corrected chi connectivity index (χ3v) is 2.14. The Balaban J connectivity index is 2.08. The SMILES string of the molecule is COCCNC(=O)CNCc1ccn(C)c1. The Labute approximate surface area is 95.8 Å².